The van der Waals surface area contributed by atoms with Crippen molar-refractivity contribution in [1.29, 1.82) is 0 Å². The van der Waals surface area contributed by atoms with Crippen LogP contribution in [0.1, 0.15) is 49.4 Å². The predicted octanol–water partition coefficient (Wildman–Crippen LogP) is 3.93. The van der Waals surface area contributed by atoms with Crippen LogP contribution in [0.3, 0.4) is 0 Å². The lowest BCUT2D eigenvalue weighted by atomic mass is 9.91. The number of rotatable bonds is 6. The lowest BCUT2D eigenvalue weighted by molar-refractivity contribution is -0.126. The number of fused-ring (bicyclic) bond motifs is 1. The van der Waals surface area contributed by atoms with Gasteiger partial charge in [-0.2, -0.15) is 5.10 Å². The van der Waals surface area contributed by atoms with Gasteiger partial charge < -0.3 is 14.8 Å². The molecule has 1 aliphatic rings. The van der Waals surface area contributed by atoms with E-state index in [0.717, 1.165) is 11.3 Å². The van der Waals surface area contributed by atoms with Gasteiger partial charge in [0.1, 0.15) is 22.7 Å². The summed E-state index contributed by atoms with van der Waals surface area (Å²) in [5.74, 6) is 0.448. The lowest BCUT2D eigenvalue weighted by Crippen LogP contribution is -2.64. The monoisotopic (exact) mass is 476 g/mol. The highest BCUT2D eigenvalue weighted by molar-refractivity contribution is 6.12. The Kier molecular flexibility index (Phi) is 6.32. The largest absolute Gasteiger partial charge is 0.497 e. The first kappa shape index (κ1) is 24.3. The van der Waals surface area contributed by atoms with Crippen LogP contribution in [0.15, 0.2) is 54.6 Å². The van der Waals surface area contributed by atoms with Crippen molar-refractivity contribution in [3.63, 3.8) is 0 Å². The molecule has 2 heterocycles. The topological polar surface area (TPSA) is 85.7 Å². The van der Waals surface area contributed by atoms with Crippen molar-refractivity contribution in [2.45, 2.75) is 51.7 Å². The van der Waals surface area contributed by atoms with E-state index in [0.29, 0.717) is 29.4 Å². The molecule has 8 heteroatoms. The van der Waals surface area contributed by atoms with Crippen LogP contribution in [0, 0.1) is 0 Å². The number of carbonyl (C=O) groups is 2. The van der Waals surface area contributed by atoms with Crippen molar-refractivity contribution in [3.05, 3.63) is 71.5 Å². The van der Waals surface area contributed by atoms with E-state index in [1.807, 2.05) is 57.2 Å². The van der Waals surface area contributed by atoms with Crippen molar-refractivity contribution in [2.24, 2.45) is 0 Å². The molecule has 3 aromatic rings. The Morgan fingerprint density at radius 1 is 1.06 bits per heavy atom. The maximum absolute atomic E-state index is 14.0. The van der Waals surface area contributed by atoms with Crippen molar-refractivity contribution in [2.75, 3.05) is 19.1 Å². The van der Waals surface area contributed by atoms with Gasteiger partial charge in [-0.25, -0.2) is 0 Å². The third-order valence-electron chi connectivity index (χ3n) is 6.30. The molecule has 4 rings (SSSR count). The van der Waals surface area contributed by atoms with Gasteiger partial charge in [-0.1, -0.05) is 51.1 Å². The second kappa shape index (κ2) is 9.09. The molecule has 0 radical (unpaired) electrons. The Morgan fingerprint density at radius 2 is 1.69 bits per heavy atom. The van der Waals surface area contributed by atoms with Gasteiger partial charge in [0.05, 0.1) is 32.1 Å². The van der Waals surface area contributed by atoms with Gasteiger partial charge in [0.2, 0.25) is 5.91 Å². The molecule has 0 saturated carbocycles. The summed E-state index contributed by atoms with van der Waals surface area (Å²) in [5, 5.41) is 7.72. The molecule has 35 heavy (non-hydrogen) atoms. The highest BCUT2D eigenvalue weighted by atomic mass is 16.5. The second-order valence-corrected chi connectivity index (χ2v) is 9.98. The molecule has 2 aromatic carbocycles. The summed E-state index contributed by atoms with van der Waals surface area (Å²) in [6.45, 7) is 8.44. The minimum atomic E-state index is -1.25. The van der Waals surface area contributed by atoms with E-state index in [-0.39, 0.29) is 23.8 Å². The average Bonchev–Trinajstić information content (AvgIpc) is 3.27. The zero-order valence-electron chi connectivity index (χ0n) is 21.1. The molecule has 8 nitrogen and oxygen atoms in total. The van der Waals surface area contributed by atoms with Crippen LogP contribution in [0.25, 0.3) is 0 Å². The van der Waals surface area contributed by atoms with Crippen LogP contribution in [0.2, 0.25) is 0 Å². The highest BCUT2D eigenvalue weighted by Crippen LogP contribution is 2.37. The van der Waals surface area contributed by atoms with Crippen LogP contribution in [0.5, 0.6) is 11.5 Å². The molecule has 1 atom stereocenters. The molecule has 0 saturated heterocycles. The van der Waals surface area contributed by atoms with Crippen molar-refractivity contribution < 1.29 is 19.1 Å². The molecule has 0 aliphatic carbocycles. The number of benzene rings is 2. The van der Waals surface area contributed by atoms with Crippen molar-refractivity contribution in [1.82, 2.24) is 15.1 Å². The first-order valence-corrected chi connectivity index (χ1v) is 11.5. The zero-order valence-corrected chi connectivity index (χ0v) is 21.1. The molecule has 2 amide bonds. The van der Waals surface area contributed by atoms with E-state index in [2.05, 4.69) is 5.32 Å². The Hall–Kier alpha value is -3.81. The van der Waals surface area contributed by atoms with Crippen molar-refractivity contribution in [3.8, 4) is 11.5 Å². The van der Waals surface area contributed by atoms with E-state index >= 15 is 0 Å². The van der Waals surface area contributed by atoms with Crippen LogP contribution < -0.4 is 19.7 Å². The van der Waals surface area contributed by atoms with Gasteiger partial charge in [-0.15, -0.1) is 0 Å². The van der Waals surface area contributed by atoms with E-state index in [4.69, 9.17) is 14.6 Å². The summed E-state index contributed by atoms with van der Waals surface area (Å²) >= 11 is 0. The minimum absolute atomic E-state index is 0.199. The summed E-state index contributed by atoms with van der Waals surface area (Å²) in [6.07, 6.45) is 0. The second-order valence-electron chi connectivity index (χ2n) is 9.98. The summed E-state index contributed by atoms with van der Waals surface area (Å²) in [7, 11) is 3.10. The fraction of sp³-hybridized carbons (Fsp3) is 0.370. The smallest absolute Gasteiger partial charge is 0.277 e. The molecule has 0 fully saturated rings. The molecule has 1 aliphatic heterocycles. The van der Waals surface area contributed by atoms with Crippen LogP contribution in [-0.2, 0) is 23.3 Å². The average molecular weight is 477 g/mol. The Balaban J connectivity index is 1.80. The summed E-state index contributed by atoms with van der Waals surface area (Å²) in [5.41, 5.74) is 1.20. The minimum Gasteiger partial charge on any atom is -0.497 e. The van der Waals surface area contributed by atoms with Gasteiger partial charge in [-0.05, 0) is 18.6 Å². The SMILES string of the molecule is COc1cc(OC)cc(N2C(=O)c3cc(C(C)(C)C)nn3C[C@@]2(C)C(=O)NCc2ccccc2)c1. The highest BCUT2D eigenvalue weighted by Gasteiger charge is 2.49. The van der Waals surface area contributed by atoms with Gasteiger partial charge in [0, 0.05) is 30.2 Å². The number of hydrogen-bond acceptors (Lipinski definition) is 5. The zero-order chi connectivity index (χ0) is 25.4. The normalized spacial score (nSPS) is 17.7. The number of methoxy groups -OCH3 is 2. The van der Waals surface area contributed by atoms with Gasteiger partial charge in [0.15, 0.2) is 0 Å². The fourth-order valence-corrected chi connectivity index (χ4v) is 4.24. The first-order chi connectivity index (χ1) is 16.6. The number of amides is 2. The van der Waals surface area contributed by atoms with Crippen LogP contribution in [0.4, 0.5) is 5.69 Å². The van der Waals surface area contributed by atoms with E-state index in [1.54, 1.807) is 44.0 Å². The lowest BCUT2D eigenvalue weighted by Gasteiger charge is -2.43. The first-order valence-electron chi connectivity index (χ1n) is 11.5. The molecule has 1 aromatic heterocycles. The number of nitrogens with one attached hydrogen (secondary N) is 1. The molecule has 1 N–H and O–H groups in total. The van der Waals surface area contributed by atoms with E-state index in [9.17, 15) is 9.59 Å². The summed E-state index contributed by atoms with van der Waals surface area (Å²) < 4.78 is 12.5. The van der Waals surface area contributed by atoms with Crippen LogP contribution in [-0.4, -0.2) is 41.4 Å². The number of anilines is 1. The molecule has 0 bridgehead atoms. The molecule has 0 spiro atoms. The number of aromatic nitrogens is 2. The maximum atomic E-state index is 14.0. The Labute approximate surface area is 205 Å². The Morgan fingerprint density at radius 3 is 2.26 bits per heavy atom. The standard InChI is InChI=1S/C27H32N4O4/c1-26(2,3)23-15-22-24(32)31(19-12-20(34-5)14-21(13-19)35-6)27(4,17-30(22)29-23)25(33)28-16-18-10-8-7-9-11-18/h7-15H,16-17H2,1-6H3,(H,28,33)/t27-/m0/s1. The summed E-state index contributed by atoms with van der Waals surface area (Å²) in [4.78, 5) is 29.2. The van der Waals surface area contributed by atoms with Gasteiger partial charge >= 0.3 is 0 Å². The molecule has 184 valence electrons. The quantitative estimate of drug-likeness (QED) is 0.583. The van der Waals surface area contributed by atoms with E-state index < -0.39 is 5.54 Å². The van der Waals surface area contributed by atoms with E-state index in [1.165, 1.54) is 4.90 Å². The number of nitrogens with zero attached hydrogens (tertiary/aromatic N) is 3. The predicted molar refractivity (Wildman–Crippen MR) is 134 cm³/mol. The van der Waals surface area contributed by atoms with Gasteiger partial charge in [0.25, 0.3) is 5.91 Å². The number of carbonyl (C=O) groups excluding carboxylic acids is 2. The maximum Gasteiger partial charge on any atom is 0.277 e. The van der Waals surface area contributed by atoms with Gasteiger partial charge in [-0.3, -0.25) is 19.2 Å². The molecular formula is C27H32N4O4. The molecular weight excluding hydrogens is 444 g/mol. The third kappa shape index (κ3) is 4.60. The number of hydrogen-bond donors (Lipinski definition) is 1. The fourth-order valence-electron chi connectivity index (χ4n) is 4.24. The Bertz CT molecular complexity index is 1220. The molecule has 0 unspecified atom stereocenters. The summed E-state index contributed by atoms with van der Waals surface area (Å²) in [6, 6.07) is 16.7. The third-order valence-corrected chi connectivity index (χ3v) is 6.30. The van der Waals surface area contributed by atoms with Crippen LogP contribution >= 0.6 is 0 Å². The number of ether oxygens (including phenoxy) is 2. The van der Waals surface area contributed by atoms with Crippen molar-refractivity contribution >= 4 is 17.5 Å².